The number of benzene rings is 1. The summed E-state index contributed by atoms with van der Waals surface area (Å²) >= 11 is 0. The lowest BCUT2D eigenvalue weighted by Gasteiger charge is -2.33. The molecule has 1 atom stereocenters. The second-order valence-corrected chi connectivity index (χ2v) is 5.89. The molecular weight excluding hydrogens is 234 g/mol. The lowest BCUT2D eigenvalue weighted by atomic mass is 9.81. The maximum absolute atomic E-state index is 10.7. The van der Waals surface area contributed by atoms with Crippen molar-refractivity contribution in [2.45, 2.75) is 39.2 Å². The van der Waals surface area contributed by atoms with Crippen LogP contribution >= 0.6 is 0 Å². The van der Waals surface area contributed by atoms with E-state index in [0.29, 0.717) is 5.92 Å². The van der Waals surface area contributed by atoms with Crippen LogP contribution in [-0.4, -0.2) is 23.8 Å². The minimum atomic E-state index is -0.711. The van der Waals surface area contributed by atoms with Gasteiger partial charge in [-0.1, -0.05) is 30.4 Å². The van der Waals surface area contributed by atoms with E-state index in [0.717, 1.165) is 25.9 Å². The minimum absolute atomic E-state index is 0.356. The Morgan fingerprint density at radius 2 is 1.79 bits per heavy atom. The molecule has 1 aliphatic heterocycles. The first kappa shape index (κ1) is 14.3. The third kappa shape index (κ3) is 3.46. The van der Waals surface area contributed by atoms with Gasteiger partial charge in [-0.05, 0) is 69.3 Å². The molecule has 19 heavy (non-hydrogen) atoms. The molecule has 1 unspecified atom stereocenters. The molecule has 0 spiro atoms. The molecule has 104 valence electrons. The molecule has 1 aromatic carbocycles. The third-order valence-electron chi connectivity index (χ3n) is 4.30. The van der Waals surface area contributed by atoms with E-state index in [1.54, 1.807) is 0 Å². The zero-order valence-corrected chi connectivity index (χ0v) is 12.2. The van der Waals surface area contributed by atoms with E-state index in [-0.39, 0.29) is 0 Å². The first-order valence-electron chi connectivity index (χ1n) is 7.19. The summed E-state index contributed by atoms with van der Waals surface area (Å²) < 4.78 is 0. The molecule has 2 rings (SSSR count). The van der Waals surface area contributed by atoms with Crippen LogP contribution in [0.5, 0.6) is 0 Å². The molecule has 0 amide bonds. The molecule has 1 fully saturated rings. The highest BCUT2D eigenvalue weighted by molar-refractivity contribution is 5.58. The average molecular weight is 259 g/mol. The molecule has 1 aromatic rings. The zero-order valence-electron chi connectivity index (χ0n) is 12.2. The van der Waals surface area contributed by atoms with Crippen molar-refractivity contribution < 1.29 is 5.11 Å². The van der Waals surface area contributed by atoms with Crippen LogP contribution < -0.4 is 5.32 Å². The molecule has 0 aromatic heterocycles. The van der Waals surface area contributed by atoms with Gasteiger partial charge in [0.25, 0.3) is 0 Å². The van der Waals surface area contributed by atoms with Crippen LogP contribution in [0.2, 0.25) is 0 Å². The smallest absolute Gasteiger partial charge is 0.0831 e. The van der Waals surface area contributed by atoms with Crippen LogP contribution in [0.15, 0.2) is 24.3 Å². The molecule has 2 nitrogen and oxygen atoms in total. The molecule has 0 saturated carbocycles. The molecule has 0 radical (unpaired) electrons. The van der Waals surface area contributed by atoms with E-state index >= 15 is 0 Å². The van der Waals surface area contributed by atoms with Gasteiger partial charge in [-0.3, -0.25) is 0 Å². The molecule has 1 aliphatic rings. The topological polar surface area (TPSA) is 32.3 Å². The van der Waals surface area contributed by atoms with E-state index in [1.165, 1.54) is 16.7 Å². The Morgan fingerprint density at radius 3 is 2.37 bits per heavy atom. The van der Waals surface area contributed by atoms with Gasteiger partial charge in [0.05, 0.1) is 5.60 Å². The van der Waals surface area contributed by atoms with Crippen molar-refractivity contribution in [3.05, 3.63) is 41.0 Å². The molecule has 1 heterocycles. The van der Waals surface area contributed by atoms with Crippen LogP contribution in [0.1, 0.15) is 36.5 Å². The number of hydrogen-bond acceptors (Lipinski definition) is 2. The fourth-order valence-corrected chi connectivity index (χ4v) is 2.88. The Bertz CT molecular complexity index is 436. The van der Waals surface area contributed by atoms with Crippen LogP contribution in [-0.2, 0) is 0 Å². The van der Waals surface area contributed by atoms with Gasteiger partial charge in [-0.2, -0.15) is 0 Å². The molecule has 0 bridgehead atoms. The normalized spacial score (nSPS) is 20.6. The Hall–Kier alpha value is -1.12. The van der Waals surface area contributed by atoms with Gasteiger partial charge in [0, 0.05) is 0 Å². The summed E-state index contributed by atoms with van der Waals surface area (Å²) in [7, 11) is 0. The number of nitrogens with one attached hydrogen (secondary N) is 1. The largest absolute Gasteiger partial charge is 0.386 e. The lowest BCUT2D eigenvalue weighted by Crippen LogP contribution is -2.40. The fraction of sp³-hybridized carbons (Fsp3) is 0.529. The van der Waals surface area contributed by atoms with Crippen molar-refractivity contribution in [2.75, 3.05) is 13.1 Å². The first-order valence-corrected chi connectivity index (χ1v) is 7.19. The molecule has 2 N–H and O–H groups in total. The second kappa shape index (κ2) is 5.89. The van der Waals surface area contributed by atoms with Crippen molar-refractivity contribution in [1.29, 1.82) is 0 Å². The maximum Gasteiger partial charge on any atom is 0.0831 e. The molecule has 2 heteroatoms. The minimum Gasteiger partial charge on any atom is -0.386 e. The van der Waals surface area contributed by atoms with Gasteiger partial charge < -0.3 is 10.4 Å². The standard InChI is InChI=1S/C17H25NO/c1-13-5-4-6-14(2)16(13)7-10-17(3,19)15-8-11-18-12-9-15/h4-7,10,15,18-19H,8-9,11-12H2,1-3H3/b10-7+. The Kier molecular flexibility index (Phi) is 4.43. The molecule has 0 aliphatic carbocycles. The van der Waals surface area contributed by atoms with Crippen molar-refractivity contribution >= 4 is 6.08 Å². The molecular formula is C17H25NO. The van der Waals surface area contributed by atoms with E-state index in [4.69, 9.17) is 0 Å². The summed E-state index contributed by atoms with van der Waals surface area (Å²) in [6.07, 6.45) is 6.17. The highest BCUT2D eigenvalue weighted by Gasteiger charge is 2.30. The van der Waals surface area contributed by atoms with E-state index in [1.807, 2.05) is 13.0 Å². The SMILES string of the molecule is Cc1cccc(C)c1/C=C/C(C)(O)C1CCNCC1. The van der Waals surface area contributed by atoms with Crippen molar-refractivity contribution in [3.63, 3.8) is 0 Å². The number of aryl methyl sites for hydroxylation is 2. The monoisotopic (exact) mass is 259 g/mol. The summed E-state index contributed by atoms with van der Waals surface area (Å²) in [5, 5.41) is 14.0. The number of hydrogen-bond donors (Lipinski definition) is 2. The number of rotatable bonds is 3. The van der Waals surface area contributed by atoms with Gasteiger partial charge >= 0.3 is 0 Å². The van der Waals surface area contributed by atoms with Gasteiger partial charge in [0.1, 0.15) is 0 Å². The quantitative estimate of drug-likeness (QED) is 0.874. The summed E-state index contributed by atoms with van der Waals surface area (Å²) in [6, 6.07) is 6.31. The number of aliphatic hydroxyl groups is 1. The van der Waals surface area contributed by atoms with Gasteiger partial charge in [0.15, 0.2) is 0 Å². The van der Waals surface area contributed by atoms with Crippen LogP contribution in [0.25, 0.3) is 6.08 Å². The maximum atomic E-state index is 10.7. The molecule has 1 saturated heterocycles. The number of piperidine rings is 1. The lowest BCUT2D eigenvalue weighted by molar-refractivity contribution is 0.0319. The highest BCUT2D eigenvalue weighted by atomic mass is 16.3. The first-order chi connectivity index (χ1) is 9.00. The van der Waals surface area contributed by atoms with E-state index in [2.05, 4.69) is 43.4 Å². The third-order valence-corrected chi connectivity index (χ3v) is 4.30. The van der Waals surface area contributed by atoms with Gasteiger partial charge in [-0.15, -0.1) is 0 Å². The predicted molar refractivity (Wildman–Crippen MR) is 81.2 cm³/mol. The summed E-state index contributed by atoms with van der Waals surface area (Å²) in [5.41, 5.74) is 3.04. The summed E-state index contributed by atoms with van der Waals surface area (Å²) in [6.45, 7) is 8.20. The Balaban J connectivity index is 2.16. The Morgan fingerprint density at radius 1 is 1.21 bits per heavy atom. The zero-order chi connectivity index (χ0) is 13.9. The van der Waals surface area contributed by atoms with Gasteiger partial charge in [0.2, 0.25) is 0 Å². The predicted octanol–water partition coefficient (Wildman–Crippen LogP) is 3.07. The summed E-state index contributed by atoms with van der Waals surface area (Å²) in [4.78, 5) is 0. The van der Waals surface area contributed by atoms with Crippen LogP contribution in [0.3, 0.4) is 0 Å². The summed E-state index contributed by atoms with van der Waals surface area (Å²) in [5.74, 6) is 0.356. The van der Waals surface area contributed by atoms with E-state index in [9.17, 15) is 5.11 Å². The van der Waals surface area contributed by atoms with Gasteiger partial charge in [-0.25, -0.2) is 0 Å². The second-order valence-electron chi connectivity index (χ2n) is 5.89. The van der Waals surface area contributed by atoms with Crippen molar-refractivity contribution in [2.24, 2.45) is 5.92 Å². The van der Waals surface area contributed by atoms with Crippen LogP contribution in [0.4, 0.5) is 0 Å². The van der Waals surface area contributed by atoms with Crippen molar-refractivity contribution in [1.82, 2.24) is 5.32 Å². The average Bonchev–Trinajstić information content (AvgIpc) is 2.39. The Labute approximate surface area is 116 Å². The van der Waals surface area contributed by atoms with E-state index < -0.39 is 5.60 Å². The fourth-order valence-electron chi connectivity index (χ4n) is 2.88. The van der Waals surface area contributed by atoms with Crippen LogP contribution in [0, 0.1) is 19.8 Å². The highest BCUT2D eigenvalue weighted by Crippen LogP contribution is 2.28. The van der Waals surface area contributed by atoms with Crippen molar-refractivity contribution in [3.8, 4) is 0 Å².